The predicted octanol–water partition coefficient (Wildman–Crippen LogP) is 4.04. The predicted molar refractivity (Wildman–Crippen MR) is 68.2 cm³/mol. The highest BCUT2D eigenvalue weighted by Crippen LogP contribution is 2.52. The Labute approximate surface area is 101 Å². The van der Waals surface area contributed by atoms with Gasteiger partial charge >= 0.3 is 5.97 Å². The number of hydrogen-bond donors (Lipinski definition) is 0. The van der Waals surface area contributed by atoms with Gasteiger partial charge in [-0.15, -0.1) is 0 Å². The van der Waals surface area contributed by atoms with Crippen LogP contribution in [0.15, 0.2) is 0 Å². The van der Waals surface area contributed by atoms with Crippen molar-refractivity contribution >= 4 is 5.97 Å². The van der Waals surface area contributed by atoms with Gasteiger partial charge in [0.15, 0.2) is 0 Å². The summed E-state index contributed by atoms with van der Waals surface area (Å²) in [5.74, 6) is -0.0949. The summed E-state index contributed by atoms with van der Waals surface area (Å²) in [7, 11) is 0. The van der Waals surface area contributed by atoms with Gasteiger partial charge in [0.1, 0.15) is 0 Å². The van der Waals surface area contributed by atoms with Gasteiger partial charge in [0.25, 0.3) is 0 Å². The van der Waals surface area contributed by atoms with Crippen LogP contribution < -0.4 is 0 Å². The standard InChI is InChI=1S/C14H28O2/c1-10(2)16-11(15)14(9,12(3,4)5)13(6,7)8/h10H,1-9H3. The van der Waals surface area contributed by atoms with Crippen LogP contribution in [-0.4, -0.2) is 12.1 Å². The third kappa shape index (κ3) is 2.78. The first-order valence-corrected chi connectivity index (χ1v) is 6.05. The highest BCUT2D eigenvalue weighted by Gasteiger charge is 2.53. The van der Waals surface area contributed by atoms with Crippen molar-refractivity contribution in [2.45, 2.75) is 68.4 Å². The van der Waals surface area contributed by atoms with Crippen molar-refractivity contribution in [3.8, 4) is 0 Å². The van der Waals surface area contributed by atoms with E-state index in [1.165, 1.54) is 0 Å². The molecule has 2 nitrogen and oxygen atoms in total. The molecule has 0 unspecified atom stereocenters. The number of carbonyl (C=O) groups is 1. The van der Waals surface area contributed by atoms with Gasteiger partial charge < -0.3 is 4.74 Å². The molecule has 0 fully saturated rings. The zero-order valence-corrected chi connectivity index (χ0v) is 12.4. The Morgan fingerprint density at radius 2 is 1.19 bits per heavy atom. The highest BCUT2D eigenvalue weighted by molar-refractivity contribution is 5.78. The first kappa shape index (κ1) is 15.5. The second-order valence-electron chi connectivity index (χ2n) is 7.08. The Morgan fingerprint density at radius 3 is 1.38 bits per heavy atom. The lowest BCUT2D eigenvalue weighted by molar-refractivity contribution is -0.176. The molecule has 2 heteroatoms. The Morgan fingerprint density at radius 1 is 0.875 bits per heavy atom. The molecule has 0 rings (SSSR count). The number of esters is 1. The van der Waals surface area contributed by atoms with E-state index in [1.807, 2.05) is 20.8 Å². The third-order valence-electron chi connectivity index (χ3n) is 3.75. The number of ether oxygens (including phenoxy) is 1. The molecule has 0 bridgehead atoms. The molecular formula is C14H28O2. The molecule has 0 aliphatic carbocycles. The first-order valence-electron chi connectivity index (χ1n) is 6.05. The van der Waals surface area contributed by atoms with Crippen LogP contribution in [0.1, 0.15) is 62.3 Å². The second-order valence-corrected chi connectivity index (χ2v) is 7.08. The minimum absolute atomic E-state index is 0.0588. The average Bonchev–Trinajstić information content (AvgIpc) is 1.96. The van der Waals surface area contributed by atoms with Crippen LogP contribution in [0.5, 0.6) is 0 Å². The van der Waals surface area contributed by atoms with Crippen molar-refractivity contribution < 1.29 is 9.53 Å². The number of rotatable bonds is 2. The summed E-state index contributed by atoms with van der Waals surface area (Å²) in [6.45, 7) is 18.4. The minimum atomic E-state index is -0.496. The zero-order chi connectivity index (χ0) is 13.4. The van der Waals surface area contributed by atoms with E-state index in [0.717, 1.165) is 0 Å². The summed E-state index contributed by atoms with van der Waals surface area (Å²) in [5.41, 5.74) is -0.751. The van der Waals surface area contributed by atoms with Crippen molar-refractivity contribution in [1.82, 2.24) is 0 Å². The lowest BCUT2D eigenvalue weighted by Gasteiger charge is -2.49. The molecule has 0 aromatic heterocycles. The SMILES string of the molecule is CC(C)OC(=O)C(C)(C(C)(C)C)C(C)(C)C. The normalized spacial score (nSPS) is 14.1. The molecule has 0 saturated heterocycles. The lowest BCUT2D eigenvalue weighted by atomic mass is 9.55. The van der Waals surface area contributed by atoms with Crippen LogP contribution in [0.25, 0.3) is 0 Å². The molecule has 0 N–H and O–H groups in total. The van der Waals surface area contributed by atoms with E-state index in [-0.39, 0.29) is 22.9 Å². The van der Waals surface area contributed by atoms with Crippen LogP contribution in [-0.2, 0) is 9.53 Å². The third-order valence-corrected chi connectivity index (χ3v) is 3.75. The second kappa shape index (κ2) is 4.38. The van der Waals surface area contributed by atoms with Gasteiger partial charge in [0.05, 0.1) is 11.5 Å². The van der Waals surface area contributed by atoms with Crippen molar-refractivity contribution in [3.63, 3.8) is 0 Å². The molecule has 96 valence electrons. The van der Waals surface area contributed by atoms with Crippen molar-refractivity contribution in [2.75, 3.05) is 0 Å². The Hall–Kier alpha value is -0.530. The van der Waals surface area contributed by atoms with E-state index >= 15 is 0 Å². The Bertz CT molecular complexity index is 237. The molecule has 0 radical (unpaired) electrons. The van der Waals surface area contributed by atoms with Crippen LogP contribution in [0.4, 0.5) is 0 Å². The summed E-state index contributed by atoms with van der Waals surface area (Å²) in [5, 5.41) is 0. The summed E-state index contributed by atoms with van der Waals surface area (Å²) in [6, 6.07) is 0. The fourth-order valence-corrected chi connectivity index (χ4v) is 2.07. The quantitative estimate of drug-likeness (QED) is 0.667. The molecule has 0 aromatic rings. The number of hydrogen-bond acceptors (Lipinski definition) is 2. The van der Waals surface area contributed by atoms with Gasteiger partial charge in [-0.2, -0.15) is 0 Å². The van der Waals surface area contributed by atoms with Gasteiger partial charge in [0, 0.05) is 0 Å². The van der Waals surface area contributed by atoms with E-state index in [0.29, 0.717) is 0 Å². The van der Waals surface area contributed by atoms with E-state index in [2.05, 4.69) is 41.5 Å². The molecule has 0 aromatic carbocycles. The van der Waals surface area contributed by atoms with Gasteiger partial charge in [-0.25, -0.2) is 0 Å². The van der Waals surface area contributed by atoms with Gasteiger partial charge in [-0.1, -0.05) is 41.5 Å². The monoisotopic (exact) mass is 228 g/mol. The average molecular weight is 228 g/mol. The van der Waals surface area contributed by atoms with Gasteiger partial charge in [0.2, 0.25) is 0 Å². The van der Waals surface area contributed by atoms with Crippen molar-refractivity contribution in [2.24, 2.45) is 16.2 Å². The van der Waals surface area contributed by atoms with Crippen LogP contribution in [0.3, 0.4) is 0 Å². The molecule has 0 heterocycles. The van der Waals surface area contributed by atoms with E-state index in [4.69, 9.17) is 4.74 Å². The zero-order valence-electron chi connectivity index (χ0n) is 12.4. The maximum absolute atomic E-state index is 12.3. The molecule has 0 amide bonds. The van der Waals surface area contributed by atoms with Crippen molar-refractivity contribution in [3.05, 3.63) is 0 Å². The van der Waals surface area contributed by atoms with E-state index < -0.39 is 5.41 Å². The molecule has 16 heavy (non-hydrogen) atoms. The highest BCUT2D eigenvalue weighted by atomic mass is 16.5. The molecule has 0 aliphatic rings. The summed E-state index contributed by atoms with van der Waals surface area (Å²) in [6.07, 6.45) is -0.0588. The Kier molecular flexibility index (Phi) is 4.24. The number of carbonyl (C=O) groups excluding carboxylic acids is 1. The smallest absolute Gasteiger partial charge is 0.313 e. The fourth-order valence-electron chi connectivity index (χ4n) is 2.07. The molecule has 0 atom stereocenters. The maximum Gasteiger partial charge on any atom is 0.313 e. The van der Waals surface area contributed by atoms with Crippen LogP contribution >= 0.6 is 0 Å². The summed E-state index contributed by atoms with van der Waals surface area (Å²) < 4.78 is 5.43. The van der Waals surface area contributed by atoms with E-state index in [1.54, 1.807) is 0 Å². The van der Waals surface area contributed by atoms with E-state index in [9.17, 15) is 4.79 Å². The molecule has 0 aliphatic heterocycles. The van der Waals surface area contributed by atoms with Crippen LogP contribution in [0, 0.1) is 16.2 Å². The molecule has 0 spiro atoms. The summed E-state index contributed by atoms with van der Waals surface area (Å²) in [4.78, 5) is 12.3. The maximum atomic E-state index is 12.3. The summed E-state index contributed by atoms with van der Waals surface area (Å²) >= 11 is 0. The minimum Gasteiger partial charge on any atom is -0.463 e. The largest absolute Gasteiger partial charge is 0.463 e. The van der Waals surface area contributed by atoms with Crippen molar-refractivity contribution in [1.29, 1.82) is 0 Å². The molecule has 0 saturated carbocycles. The fraction of sp³-hybridized carbons (Fsp3) is 0.929. The van der Waals surface area contributed by atoms with Gasteiger partial charge in [-0.3, -0.25) is 4.79 Å². The molecular weight excluding hydrogens is 200 g/mol. The lowest BCUT2D eigenvalue weighted by Crippen LogP contribution is -2.51. The van der Waals surface area contributed by atoms with Gasteiger partial charge in [-0.05, 0) is 31.6 Å². The first-order chi connectivity index (χ1) is 6.84. The topological polar surface area (TPSA) is 26.3 Å². The Balaban J connectivity index is 5.36. The van der Waals surface area contributed by atoms with Crippen LogP contribution in [0.2, 0.25) is 0 Å².